The van der Waals surface area contributed by atoms with Gasteiger partial charge in [0, 0.05) is 51.9 Å². The lowest BCUT2D eigenvalue weighted by atomic mass is 10.0. The molecule has 0 aromatic carbocycles. The zero-order valence-electron chi connectivity index (χ0n) is 17.3. The van der Waals surface area contributed by atoms with E-state index in [1.54, 1.807) is 0 Å². The zero-order valence-corrected chi connectivity index (χ0v) is 17.3. The number of nitrogens with zero attached hydrogens (tertiary/aromatic N) is 3. The largest absolute Gasteiger partial charge is 0.379 e. The van der Waals surface area contributed by atoms with Gasteiger partial charge >= 0.3 is 0 Å². The van der Waals surface area contributed by atoms with Crippen molar-refractivity contribution in [3.05, 3.63) is 0 Å². The molecule has 2 N–H and O–H groups in total. The molecule has 1 heterocycles. The van der Waals surface area contributed by atoms with E-state index in [2.05, 4.69) is 60.2 Å². The molecule has 0 saturated carbocycles. The molecule has 0 bridgehead atoms. The molecule has 2 atom stereocenters. The maximum Gasteiger partial charge on any atom is 0.191 e. The highest BCUT2D eigenvalue weighted by Crippen LogP contribution is 2.12. The monoisotopic (exact) mass is 355 g/mol. The van der Waals surface area contributed by atoms with Gasteiger partial charge in [0.05, 0.1) is 13.2 Å². The molecular weight excluding hydrogens is 314 g/mol. The summed E-state index contributed by atoms with van der Waals surface area (Å²) in [6.07, 6.45) is 2.38. The van der Waals surface area contributed by atoms with Gasteiger partial charge in [-0.25, -0.2) is 0 Å². The summed E-state index contributed by atoms with van der Waals surface area (Å²) in [4.78, 5) is 9.32. The summed E-state index contributed by atoms with van der Waals surface area (Å²) >= 11 is 0. The van der Waals surface area contributed by atoms with Gasteiger partial charge in [-0.3, -0.25) is 9.89 Å². The van der Waals surface area contributed by atoms with E-state index in [-0.39, 0.29) is 0 Å². The topological polar surface area (TPSA) is 52.1 Å². The maximum atomic E-state index is 5.50. The molecule has 1 saturated heterocycles. The molecule has 25 heavy (non-hydrogen) atoms. The van der Waals surface area contributed by atoms with Crippen molar-refractivity contribution >= 4 is 5.96 Å². The third-order valence-corrected chi connectivity index (χ3v) is 5.13. The van der Waals surface area contributed by atoms with Crippen LogP contribution in [0.2, 0.25) is 0 Å². The third kappa shape index (κ3) is 8.88. The minimum atomic E-state index is 0.533. The minimum absolute atomic E-state index is 0.533. The quantitative estimate of drug-likeness (QED) is 0.461. The van der Waals surface area contributed by atoms with E-state index < -0.39 is 0 Å². The zero-order chi connectivity index (χ0) is 18.7. The van der Waals surface area contributed by atoms with Crippen LogP contribution in [0.25, 0.3) is 0 Å². The highest BCUT2D eigenvalue weighted by molar-refractivity contribution is 5.79. The van der Waals surface area contributed by atoms with Crippen LogP contribution in [0, 0.1) is 5.92 Å². The molecule has 1 aliphatic rings. The second kappa shape index (κ2) is 12.5. The molecule has 6 heteroatoms. The van der Waals surface area contributed by atoms with Gasteiger partial charge in [-0.1, -0.05) is 20.8 Å². The highest BCUT2D eigenvalue weighted by Gasteiger charge is 2.22. The number of rotatable bonds is 10. The number of nitrogens with one attached hydrogen (secondary N) is 2. The van der Waals surface area contributed by atoms with E-state index in [9.17, 15) is 0 Å². The Morgan fingerprint density at radius 2 is 1.88 bits per heavy atom. The first-order chi connectivity index (χ1) is 12.0. The Morgan fingerprint density at radius 3 is 2.44 bits per heavy atom. The predicted molar refractivity (Wildman–Crippen MR) is 107 cm³/mol. The average molecular weight is 356 g/mol. The summed E-state index contributed by atoms with van der Waals surface area (Å²) < 4.78 is 5.50. The molecule has 0 aromatic heterocycles. The fourth-order valence-corrected chi connectivity index (χ4v) is 3.17. The molecule has 0 radical (unpaired) electrons. The minimum Gasteiger partial charge on any atom is -0.379 e. The standard InChI is InChI=1S/C19H41N5O/c1-7-17(4)23(6)9-8-21-19(20-5)22-15-18(14-16(2)3)24-10-12-25-13-11-24/h16-18H,7-15H2,1-6H3,(H2,20,21,22). The molecular formula is C19H41N5O. The van der Waals surface area contributed by atoms with Crippen molar-refractivity contribution in [2.45, 2.75) is 52.6 Å². The Bertz CT molecular complexity index is 369. The first-order valence-corrected chi connectivity index (χ1v) is 9.94. The molecule has 148 valence electrons. The first kappa shape index (κ1) is 22.2. The number of hydrogen-bond donors (Lipinski definition) is 2. The Morgan fingerprint density at radius 1 is 1.20 bits per heavy atom. The van der Waals surface area contributed by atoms with Gasteiger partial charge in [0.2, 0.25) is 0 Å². The smallest absolute Gasteiger partial charge is 0.191 e. The van der Waals surface area contributed by atoms with Gasteiger partial charge in [0.25, 0.3) is 0 Å². The van der Waals surface area contributed by atoms with Gasteiger partial charge in [-0.15, -0.1) is 0 Å². The van der Waals surface area contributed by atoms with Crippen molar-refractivity contribution in [3.63, 3.8) is 0 Å². The number of guanidine groups is 1. The molecule has 2 unspecified atom stereocenters. The van der Waals surface area contributed by atoms with E-state index in [0.29, 0.717) is 18.0 Å². The van der Waals surface area contributed by atoms with Crippen LogP contribution in [0.1, 0.15) is 40.5 Å². The second-order valence-corrected chi connectivity index (χ2v) is 7.55. The third-order valence-electron chi connectivity index (χ3n) is 5.13. The molecule has 0 spiro atoms. The Kier molecular flexibility index (Phi) is 11.1. The molecule has 1 fully saturated rings. The van der Waals surface area contributed by atoms with Crippen LogP contribution in [0.15, 0.2) is 4.99 Å². The lowest BCUT2D eigenvalue weighted by Gasteiger charge is -2.35. The van der Waals surface area contributed by atoms with Crippen LogP contribution in [0.5, 0.6) is 0 Å². The normalized spacial score (nSPS) is 19.3. The Hall–Kier alpha value is -0.850. The van der Waals surface area contributed by atoms with E-state index in [0.717, 1.165) is 51.9 Å². The number of ether oxygens (including phenoxy) is 1. The summed E-state index contributed by atoms with van der Waals surface area (Å²) in [6.45, 7) is 15.7. The average Bonchev–Trinajstić information content (AvgIpc) is 2.62. The van der Waals surface area contributed by atoms with Crippen LogP contribution in [0.3, 0.4) is 0 Å². The number of likely N-dealkylation sites (N-methyl/N-ethyl adjacent to an activating group) is 1. The van der Waals surface area contributed by atoms with Crippen molar-refractivity contribution in [1.82, 2.24) is 20.4 Å². The second-order valence-electron chi connectivity index (χ2n) is 7.55. The SMILES string of the molecule is CCC(C)N(C)CCNC(=NC)NCC(CC(C)C)N1CCOCC1. The van der Waals surface area contributed by atoms with Gasteiger partial charge in [0.1, 0.15) is 0 Å². The number of hydrogen-bond acceptors (Lipinski definition) is 4. The molecule has 0 aromatic rings. The Labute approximate surface area is 155 Å². The molecule has 0 aliphatic carbocycles. The van der Waals surface area contributed by atoms with Crippen LogP contribution < -0.4 is 10.6 Å². The molecule has 6 nitrogen and oxygen atoms in total. The first-order valence-electron chi connectivity index (χ1n) is 9.94. The summed E-state index contributed by atoms with van der Waals surface area (Å²) in [5.41, 5.74) is 0. The fourth-order valence-electron chi connectivity index (χ4n) is 3.17. The van der Waals surface area contributed by atoms with Crippen molar-refractivity contribution in [3.8, 4) is 0 Å². The number of morpholine rings is 1. The van der Waals surface area contributed by atoms with E-state index in [1.807, 2.05) is 7.05 Å². The lowest BCUT2D eigenvalue weighted by Crippen LogP contribution is -2.51. The van der Waals surface area contributed by atoms with Crippen molar-refractivity contribution < 1.29 is 4.74 Å². The van der Waals surface area contributed by atoms with E-state index in [4.69, 9.17) is 4.74 Å². The van der Waals surface area contributed by atoms with E-state index >= 15 is 0 Å². The van der Waals surface area contributed by atoms with Gasteiger partial charge in [0.15, 0.2) is 5.96 Å². The van der Waals surface area contributed by atoms with Gasteiger partial charge in [-0.2, -0.15) is 0 Å². The summed E-state index contributed by atoms with van der Waals surface area (Å²) in [5.74, 6) is 1.59. The van der Waals surface area contributed by atoms with Crippen LogP contribution >= 0.6 is 0 Å². The maximum absolute atomic E-state index is 5.50. The van der Waals surface area contributed by atoms with E-state index in [1.165, 1.54) is 12.8 Å². The van der Waals surface area contributed by atoms with Gasteiger partial charge < -0.3 is 20.3 Å². The van der Waals surface area contributed by atoms with Crippen molar-refractivity contribution in [2.75, 3.05) is 60.0 Å². The van der Waals surface area contributed by atoms with Crippen LogP contribution in [-0.4, -0.2) is 87.9 Å². The summed E-state index contributed by atoms with van der Waals surface area (Å²) in [7, 11) is 4.03. The predicted octanol–water partition coefficient (Wildman–Crippen LogP) is 1.63. The van der Waals surface area contributed by atoms with Gasteiger partial charge in [-0.05, 0) is 32.7 Å². The van der Waals surface area contributed by atoms with Crippen molar-refractivity contribution in [1.29, 1.82) is 0 Å². The molecule has 1 aliphatic heterocycles. The molecule has 1 rings (SSSR count). The van der Waals surface area contributed by atoms with Crippen LogP contribution in [-0.2, 0) is 4.74 Å². The lowest BCUT2D eigenvalue weighted by molar-refractivity contribution is 0.0132. The summed E-state index contributed by atoms with van der Waals surface area (Å²) in [5, 5.41) is 6.97. The molecule has 0 amide bonds. The number of aliphatic imine (C=N–C) groups is 1. The van der Waals surface area contributed by atoms with Crippen molar-refractivity contribution in [2.24, 2.45) is 10.9 Å². The summed E-state index contributed by atoms with van der Waals surface area (Å²) in [6, 6.07) is 1.15. The Balaban J connectivity index is 2.41. The van der Waals surface area contributed by atoms with Crippen LogP contribution in [0.4, 0.5) is 0 Å². The fraction of sp³-hybridized carbons (Fsp3) is 0.947. The highest BCUT2D eigenvalue weighted by atomic mass is 16.5.